The lowest BCUT2D eigenvalue weighted by atomic mass is 10.2. The van der Waals surface area contributed by atoms with E-state index >= 15 is 0 Å². The van der Waals surface area contributed by atoms with Gasteiger partial charge < -0.3 is 10.0 Å². The largest absolute Gasteiger partial charge is 0.505 e. The summed E-state index contributed by atoms with van der Waals surface area (Å²) in [5, 5.41) is 9.53. The van der Waals surface area contributed by atoms with Crippen LogP contribution in [0.1, 0.15) is 23.8 Å². The predicted molar refractivity (Wildman–Crippen MR) is 62.3 cm³/mol. The van der Waals surface area contributed by atoms with E-state index in [4.69, 9.17) is 0 Å². The Morgan fingerprint density at radius 2 is 2.44 bits per heavy atom. The smallest absolute Gasteiger partial charge is 0.276 e. The molecule has 0 atom stereocenters. The summed E-state index contributed by atoms with van der Waals surface area (Å²) < 4.78 is 0. The van der Waals surface area contributed by atoms with Crippen molar-refractivity contribution < 1.29 is 9.90 Å². The number of carbonyl (C=O) groups is 1. The monoisotopic (exact) mass is 220 g/mol. The summed E-state index contributed by atoms with van der Waals surface area (Å²) in [5.74, 6) is -0.350. The van der Waals surface area contributed by atoms with Crippen molar-refractivity contribution in [3.63, 3.8) is 0 Å². The van der Waals surface area contributed by atoms with E-state index in [1.54, 1.807) is 17.0 Å². The molecule has 16 heavy (non-hydrogen) atoms. The highest BCUT2D eigenvalue weighted by Gasteiger charge is 2.18. The quantitative estimate of drug-likeness (QED) is 0.770. The molecule has 0 aliphatic carbocycles. The number of aromatic hydroxyl groups is 1. The van der Waals surface area contributed by atoms with Gasteiger partial charge in [-0.2, -0.15) is 0 Å². The van der Waals surface area contributed by atoms with E-state index in [2.05, 4.69) is 11.6 Å². The summed E-state index contributed by atoms with van der Waals surface area (Å²) in [4.78, 5) is 17.5. The Balaban J connectivity index is 2.89. The van der Waals surface area contributed by atoms with Gasteiger partial charge in [-0.1, -0.05) is 13.0 Å². The van der Waals surface area contributed by atoms with Gasteiger partial charge in [0.2, 0.25) is 0 Å². The zero-order valence-electron chi connectivity index (χ0n) is 9.39. The van der Waals surface area contributed by atoms with Gasteiger partial charge in [-0.25, -0.2) is 4.98 Å². The summed E-state index contributed by atoms with van der Waals surface area (Å²) >= 11 is 0. The third kappa shape index (κ3) is 2.82. The van der Waals surface area contributed by atoms with Crippen molar-refractivity contribution in [3.05, 3.63) is 36.7 Å². The third-order valence-corrected chi connectivity index (χ3v) is 2.12. The Hall–Kier alpha value is -1.84. The van der Waals surface area contributed by atoms with Crippen molar-refractivity contribution in [3.8, 4) is 5.75 Å². The standard InChI is InChI=1S/C12H16N2O2/c1-3-8-14(9-4-2)12(16)11-10(15)6-5-7-13-11/h3,5-7,15H,1,4,8-9H2,2H3. The van der Waals surface area contributed by atoms with Crippen molar-refractivity contribution >= 4 is 5.91 Å². The van der Waals surface area contributed by atoms with Gasteiger partial charge in [0.05, 0.1) is 0 Å². The van der Waals surface area contributed by atoms with E-state index in [-0.39, 0.29) is 17.4 Å². The van der Waals surface area contributed by atoms with Crippen LogP contribution in [-0.2, 0) is 0 Å². The first kappa shape index (κ1) is 12.2. The Morgan fingerprint density at radius 1 is 1.69 bits per heavy atom. The van der Waals surface area contributed by atoms with Crippen LogP contribution in [0.5, 0.6) is 5.75 Å². The Bertz CT molecular complexity index is 377. The van der Waals surface area contributed by atoms with Crippen molar-refractivity contribution in [2.75, 3.05) is 13.1 Å². The number of amides is 1. The minimum atomic E-state index is -0.264. The van der Waals surface area contributed by atoms with Gasteiger partial charge in [0.1, 0.15) is 5.75 Å². The van der Waals surface area contributed by atoms with E-state index < -0.39 is 0 Å². The van der Waals surface area contributed by atoms with Crippen molar-refractivity contribution in [1.29, 1.82) is 0 Å². The van der Waals surface area contributed by atoms with Gasteiger partial charge in [-0.3, -0.25) is 4.79 Å². The van der Waals surface area contributed by atoms with Crippen molar-refractivity contribution in [2.24, 2.45) is 0 Å². The van der Waals surface area contributed by atoms with Crippen LogP contribution >= 0.6 is 0 Å². The molecule has 0 fully saturated rings. The molecule has 0 unspecified atom stereocenters. The van der Waals surface area contributed by atoms with Crippen LogP contribution in [0.3, 0.4) is 0 Å². The van der Waals surface area contributed by atoms with Crippen LogP contribution in [-0.4, -0.2) is 34.0 Å². The number of carbonyl (C=O) groups excluding carboxylic acids is 1. The van der Waals surface area contributed by atoms with Gasteiger partial charge in [0, 0.05) is 19.3 Å². The molecule has 0 bridgehead atoms. The fraction of sp³-hybridized carbons (Fsp3) is 0.333. The van der Waals surface area contributed by atoms with E-state index in [1.165, 1.54) is 12.3 Å². The van der Waals surface area contributed by atoms with Crippen LogP contribution in [0.2, 0.25) is 0 Å². The summed E-state index contributed by atoms with van der Waals surface area (Å²) in [6.45, 7) is 6.68. The molecule has 4 heteroatoms. The minimum Gasteiger partial charge on any atom is -0.505 e. The average molecular weight is 220 g/mol. The van der Waals surface area contributed by atoms with Crippen LogP contribution < -0.4 is 0 Å². The number of nitrogens with zero attached hydrogens (tertiary/aromatic N) is 2. The number of aromatic nitrogens is 1. The van der Waals surface area contributed by atoms with E-state index in [0.29, 0.717) is 13.1 Å². The van der Waals surface area contributed by atoms with Crippen LogP contribution in [0.4, 0.5) is 0 Å². The van der Waals surface area contributed by atoms with Gasteiger partial charge in [0.25, 0.3) is 5.91 Å². The lowest BCUT2D eigenvalue weighted by molar-refractivity contribution is 0.0765. The SMILES string of the molecule is C=CCN(CCC)C(=O)c1ncccc1O. The maximum atomic E-state index is 12.0. The second-order valence-electron chi connectivity index (χ2n) is 3.41. The average Bonchev–Trinajstić information content (AvgIpc) is 2.28. The molecule has 0 spiro atoms. The minimum absolute atomic E-state index is 0.0855. The van der Waals surface area contributed by atoms with Crippen LogP contribution in [0.15, 0.2) is 31.0 Å². The molecule has 0 aromatic carbocycles. The molecule has 86 valence electrons. The maximum absolute atomic E-state index is 12.0. The van der Waals surface area contributed by atoms with Gasteiger partial charge in [-0.15, -0.1) is 6.58 Å². The van der Waals surface area contributed by atoms with Crippen LogP contribution in [0.25, 0.3) is 0 Å². The van der Waals surface area contributed by atoms with Gasteiger partial charge in [0.15, 0.2) is 5.69 Å². The molecular formula is C12H16N2O2. The lowest BCUT2D eigenvalue weighted by Gasteiger charge is -2.20. The highest BCUT2D eigenvalue weighted by atomic mass is 16.3. The Morgan fingerprint density at radius 3 is 3.00 bits per heavy atom. The fourth-order valence-electron chi connectivity index (χ4n) is 1.41. The summed E-state index contributed by atoms with van der Waals surface area (Å²) in [5.41, 5.74) is 0.0952. The number of rotatable bonds is 5. The van der Waals surface area contributed by atoms with Crippen molar-refractivity contribution in [2.45, 2.75) is 13.3 Å². The Kier molecular flexibility index (Phi) is 4.51. The number of hydrogen-bond acceptors (Lipinski definition) is 3. The molecule has 1 aromatic heterocycles. The molecule has 0 aliphatic heterocycles. The zero-order chi connectivity index (χ0) is 12.0. The third-order valence-electron chi connectivity index (χ3n) is 2.12. The fourth-order valence-corrected chi connectivity index (χ4v) is 1.41. The molecule has 1 rings (SSSR count). The predicted octanol–water partition coefficient (Wildman–Crippen LogP) is 1.83. The van der Waals surface area contributed by atoms with E-state index in [1.807, 2.05) is 6.92 Å². The van der Waals surface area contributed by atoms with E-state index in [0.717, 1.165) is 6.42 Å². The summed E-state index contributed by atoms with van der Waals surface area (Å²) in [7, 11) is 0. The summed E-state index contributed by atoms with van der Waals surface area (Å²) in [6.07, 6.45) is 4.01. The highest BCUT2D eigenvalue weighted by molar-refractivity contribution is 5.94. The molecule has 4 nitrogen and oxygen atoms in total. The molecule has 0 saturated heterocycles. The first-order valence-corrected chi connectivity index (χ1v) is 5.24. The summed E-state index contributed by atoms with van der Waals surface area (Å²) in [6, 6.07) is 3.04. The van der Waals surface area contributed by atoms with Gasteiger partial charge >= 0.3 is 0 Å². The second kappa shape index (κ2) is 5.90. The molecular weight excluding hydrogens is 204 g/mol. The maximum Gasteiger partial charge on any atom is 0.276 e. The topological polar surface area (TPSA) is 53.4 Å². The first-order valence-electron chi connectivity index (χ1n) is 5.24. The number of pyridine rings is 1. The normalized spacial score (nSPS) is 9.81. The van der Waals surface area contributed by atoms with Crippen molar-refractivity contribution in [1.82, 2.24) is 9.88 Å². The van der Waals surface area contributed by atoms with Crippen LogP contribution in [0, 0.1) is 0 Å². The molecule has 0 saturated carbocycles. The molecule has 1 aromatic rings. The van der Waals surface area contributed by atoms with Gasteiger partial charge in [-0.05, 0) is 18.6 Å². The number of hydrogen-bond donors (Lipinski definition) is 1. The molecule has 0 radical (unpaired) electrons. The molecule has 1 heterocycles. The highest BCUT2D eigenvalue weighted by Crippen LogP contribution is 2.15. The molecule has 0 aliphatic rings. The lowest BCUT2D eigenvalue weighted by Crippen LogP contribution is -2.32. The Labute approximate surface area is 95.2 Å². The zero-order valence-corrected chi connectivity index (χ0v) is 9.39. The molecule has 1 amide bonds. The van der Waals surface area contributed by atoms with E-state index in [9.17, 15) is 9.90 Å². The second-order valence-corrected chi connectivity index (χ2v) is 3.41. The molecule has 1 N–H and O–H groups in total. The first-order chi connectivity index (χ1) is 7.70.